The van der Waals surface area contributed by atoms with E-state index in [1.54, 1.807) is 0 Å². The van der Waals surface area contributed by atoms with E-state index < -0.39 is 0 Å². The molecule has 3 heteroatoms. The summed E-state index contributed by atoms with van der Waals surface area (Å²) in [5, 5.41) is 2.88. The van der Waals surface area contributed by atoms with Crippen LogP contribution in [0.4, 0.5) is 5.69 Å². The van der Waals surface area contributed by atoms with Crippen LogP contribution in [0.3, 0.4) is 0 Å². The van der Waals surface area contributed by atoms with E-state index in [2.05, 4.69) is 21.2 Å². The Kier molecular flexibility index (Phi) is 2.36. The number of carbonyl (C=O) groups excluding carboxylic acids is 1. The molecule has 0 radical (unpaired) electrons. The molecular formula is C10H10BrNO. The van der Waals surface area contributed by atoms with Crippen molar-refractivity contribution in [2.24, 2.45) is 5.92 Å². The Bertz CT molecular complexity index is 333. The summed E-state index contributed by atoms with van der Waals surface area (Å²) in [4.78, 5) is 11.4. The number of amides is 1. The normalized spacial score (nSPS) is 15.5. The average molecular weight is 240 g/mol. The van der Waals surface area contributed by atoms with Crippen molar-refractivity contribution in [3.8, 4) is 0 Å². The fourth-order valence-electron chi connectivity index (χ4n) is 1.16. The van der Waals surface area contributed by atoms with E-state index in [1.165, 1.54) is 0 Å². The third kappa shape index (κ3) is 2.31. The highest BCUT2D eigenvalue weighted by Gasteiger charge is 2.29. The number of benzene rings is 1. The van der Waals surface area contributed by atoms with E-state index in [4.69, 9.17) is 0 Å². The summed E-state index contributed by atoms with van der Waals surface area (Å²) < 4.78 is 0.987. The van der Waals surface area contributed by atoms with Gasteiger partial charge in [0.15, 0.2) is 0 Å². The van der Waals surface area contributed by atoms with Gasteiger partial charge in [-0.25, -0.2) is 0 Å². The van der Waals surface area contributed by atoms with Crippen molar-refractivity contribution in [3.05, 3.63) is 28.7 Å². The zero-order valence-electron chi connectivity index (χ0n) is 7.09. The number of hydrogen-bond donors (Lipinski definition) is 1. The van der Waals surface area contributed by atoms with E-state index in [9.17, 15) is 4.79 Å². The molecule has 0 atom stereocenters. The third-order valence-corrected chi connectivity index (χ3v) is 2.53. The minimum atomic E-state index is 0.151. The van der Waals surface area contributed by atoms with Gasteiger partial charge >= 0.3 is 0 Å². The fourth-order valence-corrected chi connectivity index (χ4v) is 1.56. The van der Waals surface area contributed by atoms with Gasteiger partial charge in [-0.2, -0.15) is 0 Å². The number of anilines is 1. The van der Waals surface area contributed by atoms with Gasteiger partial charge in [-0.05, 0) is 31.0 Å². The van der Waals surface area contributed by atoms with Crippen LogP contribution in [-0.4, -0.2) is 5.91 Å². The Morgan fingerprint density at radius 1 is 1.46 bits per heavy atom. The molecule has 13 heavy (non-hydrogen) atoms. The van der Waals surface area contributed by atoms with Crippen molar-refractivity contribution in [3.63, 3.8) is 0 Å². The Balaban J connectivity index is 2.04. The molecule has 1 aliphatic rings. The molecule has 68 valence electrons. The minimum absolute atomic E-state index is 0.151. The summed E-state index contributed by atoms with van der Waals surface area (Å²) in [6.07, 6.45) is 2.08. The number of hydrogen-bond acceptors (Lipinski definition) is 1. The molecular weight excluding hydrogens is 230 g/mol. The van der Waals surface area contributed by atoms with Crippen molar-refractivity contribution in [2.45, 2.75) is 12.8 Å². The Morgan fingerprint density at radius 2 is 2.23 bits per heavy atom. The molecule has 1 aromatic rings. The largest absolute Gasteiger partial charge is 0.326 e. The number of rotatable bonds is 2. The van der Waals surface area contributed by atoms with Gasteiger partial charge < -0.3 is 5.32 Å². The molecule has 0 bridgehead atoms. The molecule has 1 amide bonds. The molecule has 1 fully saturated rings. The lowest BCUT2D eigenvalue weighted by Gasteiger charge is -2.03. The van der Waals surface area contributed by atoms with Crippen LogP contribution < -0.4 is 5.32 Å². The molecule has 2 nitrogen and oxygen atoms in total. The van der Waals surface area contributed by atoms with Crippen molar-refractivity contribution < 1.29 is 4.79 Å². The summed E-state index contributed by atoms with van der Waals surface area (Å²) in [5.41, 5.74) is 0.867. The van der Waals surface area contributed by atoms with Gasteiger partial charge in [-0.1, -0.05) is 22.0 Å². The molecule has 0 aromatic heterocycles. The second kappa shape index (κ2) is 3.50. The van der Waals surface area contributed by atoms with Crippen LogP contribution in [0.25, 0.3) is 0 Å². The van der Waals surface area contributed by atoms with Crippen LogP contribution in [0.5, 0.6) is 0 Å². The van der Waals surface area contributed by atoms with Crippen molar-refractivity contribution >= 4 is 27.5 Å². The first-order valence-electron chi connectivity index (χ1n) is 4.32. The van der Waals surface area contributed by atoms with Crippen LogP contribution in [0.15, 0.2) is 28.7 Å². The summed E-state index contributed by atoms with van der Waals surface area (Å²) >= 11 is 3.35. The molecule has 1 N–H and O–H groups in total. The van der Waals surface area contributed by atoms with Crippen LogP contribution in [0.2, 0.25) is 0 Å². The highest BCUT2D eigenvalue weighted by molar-refractivity contribution is 9.10. The number of halogens is 1. The quantitative estimate of drug-likeness (QED) is 0.846. The molecule has 1 aliphatic carbocycles. The molecule has 0 heterocycles. The van der Waals surface area contributed by atoms with E-state index >= 15 is 0 Å². The maximum atomic E-state index is 11.4. The second-order valence-corrected chi connectivity index (χ2v) is 4.19. The lowest BCUT2D eigenvalue weighted by Crippen LogP contribution is -2.12. The van der Waals surface area contributed by atoms with E-state index in [0.717, 1.165) is 23.0 Å². The first-order chi connectivity index (χ1) is 6.25. The molecule has 2 rings (SSSR count). The average Bonchev–Trinajstić information content (AvgIpc) is 2.85. The molecule has 1 aromatic carbocycles. The smallest absolute Gasteiger partial charge is 0.227 e. The number of nitrogens with one attached hydrogen (secondary N) is 1. The zero-order valence-corrected chi connectivity index (χ0v) is 8.67. The van der Waals surface area contributed by atoms with Crippen LogP contribution in [-0.2, 0) is 4.79 Å². The van der Waals surface area contributed by atoms with E-state index in [1.807, 2.05) is 24.3 Å². The van der Waals surface area contributed by atoms with Crippen LogP contribution in [0, 0.1) is 5.92 Å². The van der Waals surface area contributed by atoms with Gasteiger partial charge in [-0.3, -0.25) is 4.79 Å². The van der Waals surface area contributed by atoms with Crippen molar-refractivity contribution in [1.29, 1.82) is 0 Å². The SMILES string of the molecule is O=C(Nc1cccc(Br)c1)C1CC1. The standard InChI is InChI=1S/C10H10BrNO/c11-8-2-1-3-9(6-8)12-10(13)7-4-5-7/h1-3,6-7H,4-5H2,(H,12,13). The topological polar surface area (TPSA) is 29.1 Å². The molecule has 0 aliphatic heterocycles. The predicted octanol–water partition coefficient (Wildman–Crippen LogP) is 2.80. The number of carbonyl (C=O) groups is 1. The maximum Gasteiger partial charge on any atom is 0.227 e. The third-order valence-electron chi connectivity index (χ3n) is 2.04. The summed E-state index contributed by atoms with van der Waals surface area (Å²) in [6.45, 7) is 0. The van der Waals surface area contributed by atoms with Gasteiger partial charge in [0.1, 0.15) is 0 Å². The highest BCUT2D eigenvalue weighted by atomic mass is 79.9. The Hall–Kier alpha value is -0.830. The van der Waals surface area contributed by atoms with E-state index in [0.29, 0.717) is 0 Å². The predicted molar refractivity (Wildman–Crippen MR) is 55.5 cm³/mol. The monoisotopic (exact) mass is 239 g/mol. The van der Waals surface area contributed by atoms with Gasteiger partial charge in [0, 0.05) is 16.1 Å². The molecule has 0 unspecified atom stereocenters. The summed E-state index contributed by atoms with van der Waals surface area (Å²) in [7, 11) is 0. The maximum absolute atomic E-state index is 11.4. The Labute approximate surface area is 85.5 Å². The van der Waals surface area contributed by atoms with Crippen molar-refractivity contribution in [2.75, 3.05) is 5.32 Å². The highest BCUT2D eigenvalue weighted by Crippen LogP contribution is 2.30. The van der Waals surface area contributed by atoms with Crippen LogP contribution >= 0.6 is 15.9 Å². The lowest BCUT2D eigenvalue weighted by molar-refractivity contribution is -0.117. The van der Waals surface area contributed by atoms with Crippen LogP contribution in [0.1, 0.15) is 12.8 Å². The zero-order chi connectivity index (χ0) is 9.26. The minimum Gasteiger partial charge on any atom is -0.326 e. The first-order valence-corrected chi connectivity index (χ1v) is 5.11. The van der Waals surface area contributed by atoms with Gasteiger partial charge in [-0.15, -0.1) is 0 Å². The molecule has 0 spiro atoms. The summed E-state index contributed by atoms with van der Waals surface area (Å²) in [6, 6.07) is 7.64. The van der Waals surface area contributed by atoms with Gasteiger partial charge in [0.05, 0.1) is 0 Å². The van der Waals surface area contributed by atoms with Crippen molar-refractivity contribution in [1.82, 2.24) is 0 Å². The second-order valence-electron chi connectivity index (χ2n) is 3.27. The van der Waals surface area contributed by atoms with Gasteiger partial charge in [0.2, 0.25) is 5.91 Å². The van der Waals surface area contributed by atoms with Gasteiger partial charge in [0.25, 0.3) is 0 Å². The van der Waals surface area contributed by atoms with E-state index in [-0.39, 0.29) is 11.8 Å². The Morgan fingerprint density at radius 3 is 2.85 bits per heavy atom. The fraction of sp³-hybridized carbons (Fsp3) is 0.300. The molecule has 1 saturated carbocycles. The first kappa shape index (κ1) is 8.75. The lowest BCUT2D eigenvalue weighted by atomic mass is 10.3. The molecule has 0 saturated heterocycles. The summed E-state index contributed by atoms with van der Waals surface area (Å²) in [5.74, 6) is 0.414.